The molecular weight excluding hydrogens is 972 g/mol. The lowest BCUT2D eigenvalue weighted by atomic mass is 9.68. The summed E-state index contributed by atoms with van der Waals surface area (Å²) in [6.45, 7) is 19.3. The molecular formula is C55H93FN6O13. The van der Waals surface area contributed by atoms with E-state index in [1.807, 2.05) is 68.9 Å². The smallest absolute Gasteiger partial charge is 0.309 e. The minimum absolute atomic E-state index is 0.171. The quantitative estimate of drug-likeness (QED) is 0.139. The number of hydrogen-bond acceptors (Lipinski definition) is 18. The summed E-state index contributed by atoms with van der Waals surface area (Å²) in [5, 5.41) is 79.0. The Morgan fingerprint density at radius 1 is 0.960 bits per heavy atom. The van der Waals surface area contributed by atoms with E-state index < -0.39 is 127 Å². The Morgan fingerprint density at radius 2 is 1.64 bits per heavy atom. The predicted octanol–water partition coefficient (Wildman–Crippen LogP) is 3.85. The van der Waals surface area contributed by atoms with Gasteiger partial charge < -0.3 is 73.8 Å². The van der Waals surface area contributed by atoms with Gasteiger partial charge in [0.2, 0.25) is 0 Å². The highest BCUT2D eigenvalue weighted by atomic mass is 19.1. The van der Waals surface area contributed by atoms with Crippen LogP contribution >= 0.6 is 0 Å². The van der Waals surface area contributed by atoms with Crippen LogP contribution in [0.3, 0.4) is 0 Å². The van der Waals surface area contributed by atoms with Gasteiger partial charge >= 0.3 is 5.97 Å². The summed E-state index contributed by atoms with van der Waals surface area (Å²) >= 11 is 0. The molecule has 4 aliphatic rings. The van der Waals surface area contributed by atoms with Gasteiger partial charge in [0.25, 0.3) is 0 Å². The number of esters is 1. The van der Waals surface area contributed by atoms with E-state index in [-0.39, 0.29) is 31.3 Å². The molecule has 4 fully saturated rings. The van der Waals surface area contributed by atoms with Gasteiger partial charge in [-0.05, 0) is 111 Å². The average Bonchev–Trinajstić information content (AvgIpc) is 4.03. The number of hydrogen-bond donors (Lipinski definition) is 6. The maximum absolute atomic E-state index is 14.9. The molecule has 6 N–H and O–H groups in total. The van der Waals surface area contributed by atoms with Gasteiger partial charge in [-0.25, -0.2) is 9.07 Å². The van der Waals surface area contributed by atoms with Crippen molar-refractivity contribution in [1.29, 1.82) is 0 Å². The lowest BCUT2D eigenvalue weighted by molar-refractivity contribution is -0.302. The summed E-state index contributed by atoms with van der Waals surface area (Å²) < 4.78 is 54.5. The Bertz CT molecular complexity index is 2110. The molecule has 5 heterocycles. The number of aromatic nitrogens is 3. The highest BCUT2D eigenvalue weighted by Crippen LogP contribution is 2.45. The van der Waals surface area contributed by atoms with E-state index >= 15 is 0 Å². The minimum atomic E-state index is -1.83. The van der Waals surface area contributed by atoms with Gasteiger partial charge in [-0.2, -0.15) is 0 Å². The highest BCUT2D eigenvalue weighted by molar-refractivity contribution is 5.73. The summed E-state index contributed by atoms with van der Waals surface area (Å²) in [5.74, 6) is -3.26. The first-order valence-corrected chi connectivity index (χ1v) is 27.3. The molecule has 1 unspecified atom stereocenters. The molecule has 428 valence electrons. The molecule has 1 aromatic heterocycles. The van der Waals surface area contributed by atoms with Crippen LogP contribution in [0.15, 0.2) is 30.5 Å². The number of cyclic esters (lactones) is 1. The number of likely N-dealkylation sites (N-methyl/N-ethyl adjacent to an activating group) is 2. The number of benzene rings is 1. The van der Waals surface area contributed by atoms with Crippen molar-refractivity contribution in [3.05, 3.63) is 41.7 Å². The summed E-state index contributed by atoms with van der Waals surface area (Å²) in [6.07, 6.45) is -5.90. The van der Waals surface area contributed by atoms with Crippen molar-refractivity contribution in [3.63, 3.8) is 0 Å². The third-order valence-corrected chi connectivity index (χ3v) is 17.6. The summed E-state index contributed by atoms with van der Waals surface area (Å²) in [7, 11) is 6.80. The first-order valence-electron chi connectivity index (χ1n) is 27.3. The fourth-order valence-electron chi connectivity index (χ4n) is 12.9. The Labute approximate surface area is 444 Å². The number of halogens is 1. The molecule has 75 heavy (non-hydrogen) atoms. The average molecular weight is 1070 g/mol. The summed E-state index contributed by atoms with van der Waals surface area (Å²) in [6, 6.07) is 5.90. The van der Waals surface area contributed by atoms with E-state index in [0.717, 1.165) is 17.8 Å². The molecule has 4 saturated heterocycles. The molecule has 0 spiro atoms. The van der Waals surface area contributed by atoms with Crippen LogP contribution in [0.25, 0.3) is 0 Å². The molecule has 2 aromatic rings. The second kappa shape index (κ2) is 25.4. The van der Waals surface area contributed by atoms with Crippen molar-refractivity contribution in [3.8, 4) is 0 Å². The third kappa shape index (κ3) is 13.7. The standard InChI is InChI=1S/C55H93FN6O13/c1-15-44-55(10,69)48(65)35(6)60(12)28-31(2)25-53(8,68)50(33(4)45(34(5)51(67)74-44)43-26-54(9,71-14)49(66)36(7)73-43)75-52-46(64)41(24-32(3)72-52)59(11)22-20-38-29-62(58-57-38)42(27-56)47(70-13)37-16-18-39(19-17-37)61-23-21-40(63)30-61/h16-19,29,31-36,40-50,52,63-66,68-69H,15,20-28,30H2,1-14H3/t31-,32-,33+,34-,35-,36+,40-,41+,42-,43?,44-,45+,46-,47-,48-,49+,50-,52+,53-,54-,55-/m1/s1. The van der Waals surface area contributed by atoms with Gasteiger partial charge in [0.05, 0.1) is 53.3 Å². The number of β-amino-alcohol motifs (C(OH)–C–C–N with tert-alkyl or cyclic N) is 1. The van der Waals surface area contributed by atoms with Crippen LogP contribution in [-0.2, 0) is 39.6 Å². The third-order valence-electron chi connectivity index (χ3n) is 17.6. The molecule has 21 atom stereocenters. The second-order valence-electron chi connectivity index (χ2n) is 23.6. The SMILES string of the molecule is CC[C@H]1OC(=O)[C@H](C)[C@@H](C2C[C@@](C)(OC)[C@@H](O)[C@H](C)O2)[C@H](C)[C@@H](O[C@@H]2O[C@H](C)C[C@H](N(C)CCc3cn([C@H](CF)[C@H](OC)c4ccc(N5CC[C@@H](O)C5)cc4)nn3)[C@H]2O)[C@](C)(O)C[C@@H](C)CN(C)[C@H](C)[C@@H](O)[C@]1(C)O. The Kier molecular flexibility index (Phi) is 20.8. The van der Waals surface area contributed by atoms with Crippen LogP contribution in [0, 0.1) is 23.7 Å². The van der Waals surface area contributed by atoms with Gasteiger partial charge in [-0.15, -0.1) is 5.10 Å². The first kappa shape index (κ1) is 61.3. The van der Waals surface area contributed by atoms with Crippen molar-refractivity contribution >= 4 is 11.7 Å². The molecule has 0 saturated carbocycles. The summed E-state index contributed by atoms with van der Waals surface area (Å²) in [5.41, 5.74) is -2.15. The highest BCUT2D eigenvalue weighted by Gasteiger charge is 2.55. The molecule has 0 radical (unpaired) electrons. The van der Waals surface area contributed by atoms with Crippen LogP contribution in [0.1, 0.15) is 125 Å². The van der Waals surface area contributed by atoms with Crippen LogP contribution in [0.4, 0.5) is 10.1 Å². The molecule has 19 nitrogen and oxygen atoms in total. The van der Waals surface area contributed by atoms with E-state index in [4.69, 9.17) is 28.4 Å². The molecule has 0 bridgehead atoms. The number of methoxy groups -OCH3 is 2. The van der Waals surface area contributed by atoms with E-state index in [1.54, 1.807) is 54.8 Å². The van der Waals surface area contributed by atoms with Crippen LogP contribution in [0.2, 0.25) is 0 Å². The van der Waals surface area contributed by atoms with E-state index in [9.17, 15) is 39.8 Å². The molecule has 1 aromatic carbocycles. The van der Waals surface area contributed by atoms with Gasteiger partial charge in [-0.3, -0.25) is 4.79 Å². The van der Waals surface area contributed by atoms with Gasteiger partial charge in [-0.1, -0.05) is 45.0 Å². The zero-order valence-electron chi connectivity index (χ0n) is 47.2. The molecule has 6 rings (SSSR count). The Morgan fingerprint density at radius 3 is 2.24 bits per heavy atom. The van der Waals surface area contributed by atoms with Crippen LogP contribution < -0.4 is 4.90 Å². The number of aliphatic hydroxyl groups is 6. The van der Waals surface area contributed by atoms with Crippen LogP contribution in [0.5, 0.6) is 0 Å². The Hall–Kier alpha value is -2.96. The zero-order valence-corrected chi connectivity index (χ0v) is 47.2. The predicted molar refractivity (Wildman–Crippen MR) is 280 cm³/mol. The molecule has 20 heteroatoms. The maximum atomic E-state index is 14.9. The number of nitrogens with zero attached hydrogens (tertiary/aromatic N) is 6. The van der Waals surface area contributed by atoms with E-state index in [0.29, 0.717) is 44.6 Å². The zero-order chi connectivity index (χ0) is 55.5. The molecule has 0 aliphatic carbocycles. The monoisotopic (exact) mass is 1060 g/mol. The number of anilines is 1. The number of carbonyl (C=O) groups excluding carboxylic acids is 1. The summed E-state index contributed by atoms with van der Waals surface area (Å²) in [4.78, 5) is 20.7. The van der Waals surface area contributed by atoms with Gasteiger partial charge in [0, 0.05) is 83.1 Å². The van der Waals surface area contributed by atoms with Gasteiger partial charge in [0.1, 0.15) is 48.8 Å². The fourth-order valence-corrected chi connectivity index (χ4v) is 12.9. The second-order valence-corrected chi connectivity index (χ2v) is 23.6. The van der Waals surface area contributed by atoms with Crippen molar-refractivity contribution < 1.29 is 68.2 Å². The van der Waals surface area contributed by atoms with E-state index in [2.05, 4.69) is 15.2 Å². The van der Waals surface area contributed by atoms with Crippen molar-refractivity contribution in [1.82, 2.24) is 24.8 Å². The topological polar surface area (TPSA) is 234 Å². The normalized spacial score (nSPS) is 41.0. The Balaban J connectivity index is 1.26. The van der Waals surface area contributed by atoms with Crippen molar-refractivity contribution in [2.75, 3.05) is 66.1 Å². The van der Waals surface area contributed by atoms with Gasteiger partial charge in [0.15, 0.2) is 6.29 Å². The number of ether oxygens (including phenoxy) is 6. The largest absolute Gasteiger partial charge is 0.459 e. The minimum Gasteiger partial charge on any atom is -0.459 e. The first-order chi connectivity index (χ1) is 35.2. The fraction of sp³-hybridized carbons (Fsp3) is 0.836. The lowest BCUT2D eigenvalue weighted by Crippen LogP contribution is -2.62. The lowest BCUT2D eigenvalue weighted by Gasteiger charge is -2.51. The molecule has 4 aliphatic heterocycles. The van der Waals surface area contributed by atoms with Crippen molar-refractivity contribution in [2.45, 2.75) is 210 Å². The van der Waals surface area contributed by atoms with Crippen LogP contribution in [-0.4, -0.2) is 213 Å². The number of rotatable bonds is 15. The molecule has 0 amide bonds. The maximum Gasteiger partial charge on any atom is 0.309 e. The van der Waals surface area contributed by atoms with Crippen molar-refractivity contribution in [2.24, 2.45) is 23.7 Å². The number of aliphatic hydroxyl groups excluding tert-OH is 4. The number of alkyl halides is 1. The number of carbonyl (C=O) groups is 1. The van der Waals surface area contributed by atoms with E-state index in [1.165, 1.54) is 18.7 Å².